The van der Waals surface area contributed by atoms with Gasteiger partial charge < -0.3 is 10.1 Å². The predicted molar refractivity (Wildman–Crippen MR) is 81.3 cm³/mol. The second kappa shape index (κ2) is 7.77. The topological polar surface area (TPSA) is 38.3 Å². The van der Waals surface area contributed by atoms with Crippen molar-refractivity contribution in [1.82, 2.24) is 5.32 Å². The van der Waals surface area contributed by atoms with Crippen LogP contribution in [-0.4, -0.2) is 31.6 Å². The van der Waals surface area contributed by atoms with Gasteiger partial charge in [0.15, 0.2) is 0 Å². The highest BCUT2D eigenvalue weighted by atomic mass is 35.5. The number of Topliss-reactive ketones (excluding diaryl/α,β-unsaturated/α-hetero) is 1. The molecule has 0 saturated carbocycles. The molecule has 1 saturated heterocycles. The Labute approximate surface area is 125 Å². The first-order valence-electron chi connectivity index (χ1n) is 7.24. The lowest BCUT2D eigenvalue weighted by atomic mass is 9.92. The first-order chi connectivity index (χ1) is 9.66. The van der Waals surface area contributed by atoms with E-state index in [0.29, 0.717) is 11.1 Å². The molecule has 1 fully saturated rings. The molecule has 1 heterocycles. The quantitative estimate of drug-likeness (QED) is 0.876. The van der Waals surface area contributed by atoms with Crippen LogP contribution < -0.4 is 5.32 Å². The normalized spacial score (nSPS) is 17.9. The van der Waals surface area contributed by atoms with Crippen LogP contribution in [0.15, 0.2) is 24.3 Å². The lowest BCUT2D eigenvalue weighted by Crippen LogP contribution is -2.36. The predicted octanol–water partition coefficient (Wildman–Crippen LogP) is 3.17. The van der Waals surface area contributed by atoms with Crippen molar-refractivity contribution in [2.75, 3.05) is 19.8 Å². The fourth-order valence-corrected chi connectivity index (χ4v) is 2.76. The summed E-state index contributed by atoms with van der Waals surface area (Å²) < 4.78 is 5.34. The van der Waals surface area contributed by atoms with Crippen molar-refractivity contribution in [3.05, 3.63) is 34.9 Å². The fraction of sp³-hybridized carbons (Fsp3) is 0.562. The van der Waals surface area contributed by atoms with E-state index in [1.807, 2.05) is 24.3 Å². The summed E-state index contributed by atoms with van der Waals surface area (Å²) in [6.07, 6.45) is 2.95. The van der Waals surface area contributed by atoms with Gasteiger partial charge in [0, 0.05) is 30.2 Å². The molecule has 20 heavy (non-hydrogen) atoms. The zero-order valence-corrected chi connectivity index (χ0v) is 12.7. The molecule has 1 aliphatic heterocycles. The summed E-state index contributed by atoms with van der Waals surface area (Å²) in [4.78, 5) is 11.8. The maximum atomic E-state index is 11.8. The summed E-state index contributed by atoms with van der Waals surface area (Å²) in [5.41, 5.74) is 1.05. The van der Waals surface area contributed by atoms with Crippen LogP contribution in [0, 0.1) is 0 Å². The Morgan fingerprint density at radius 2 is 2.00 bits per heavy atom. The molecule has 0 amide bonds. The van der Waals surface area contributed by atoms with Gasteiger partial charge in [0.2, 0.25) is 0 Å². The van der Waals surface area contributed by atoms with Crippen molar-refractivity contribution >= 4 is 17.4 Å². The van der Waals surface area contributed by atoms with Gasteiger partial charge in [0.1, 0.15) is 5.78 Å². The number of ether oxygens (including phenoxy) is 1. The first-order valence-corrected chi connectivity index (χ1v) is 7.61. The molecule has 1 atom stereocenters. The minimum Gasteiger partial charge on any atom is -0.381 e. The molecular formula is C16H22ClNO2. The second-order valence-corrected chi connectivity index (χ2v) is 5.78. The Hall–Kier alpha value is -0.900. The average molecular weight is 296 g/mol. The van der Waals surface area contributed by atoms with Crippen LogP contribution in [-0.2, 0) is 9.53 Å². The number of hydrogen-bond acceptors (Lipinski definition) is 3. The van der Waals surface area contributed by atoms with Crippen LogP contribution in [0.4, 0.5) is 0 Å². The molecule has 2 rings (SSSR count). The zero-order chi connectivity index (χ0) is 14.4. The van der Waals surface area contributed by atoms with Crippen LogP contribution in [0.2, 0.25) is 5.02 Å². The molecule has 0 spiro atoms. The first kappa shape index (κ1) is 15.5. The number of hydrogen-bond donors (Lipinski definition) is 1. The van der Waals surface area contributed by atoms with Crippen LogP contribution >= 0.6 is 11.6 Å². The molecule has 0 bridgehead atoms. The Morgan fingerprint density at radius 3 is 2.60 bits per heavy atom. The van der Waals surface area contributed by atoms with Crippen molar-refractivity contribution in [3.63, 3.8) is 0 Å². The molecule has 0 aliphatic carbocycles. The fourth-order valence-electron chi connectivity index (χ4n) is 2.63. The van der Waals surface area contributed by atoms with Gasteiger partial charge in [0.05, 0.1) is 0 Å². The number of carbonyl (C=O) groups excluding carboxylic acids is 1. The van der Waals surface area contributed by atoms with Crippen molar-refractivity contribution in [2.45, 2.75) is 38.1 Å². The highest BCUT2D eigenvalue weighted by molar-refractivity contribution is 6.30. The maximum absolute atomic E-state index is 11.8. The summed E-state index contributed by atoms with van der Waals surface area (Å²) in [5, 5.41) is 4.23. The smallest absolute Gasteiger partial charge is 0.137 e. The van der Waals surface area contributed by atoms with E-state index in [-0.39, 0.29) is 11.7 Å². The second-order valence-electron chi connectivity index (χ2n) is 5.34. The number of benzene rings is 1. The number of rotatable bonds is 6. The minimum atomic E-state index is -0.0420. The van der Waals surface area contributed by atoms with E-state index in [2.05, 4.69) is 5.32 Å². The van der Waals surface area contributed by atoms with Gasteiger partial charge in [-0.1, -0.05) is 23.7 Å². The molecule has 1 N–H and O–H groups in total. The summed E-state index contributed by atoms with van der Waals surface area (Å²) >= 11 is 5.89. The van der Waals surface area contributed by atoms with Crippen LogP contribution in [0.3, 0.4) is 0 Å². The Morgan fingerprint density at radius 1 is 1.35 bits per heavy atom. The lowest BCUT2D eigenvalue weighted by molar-refractivity contribution is -0.118. The largest absolute Gasteiger partial charge is 0.381 e. The van der Waals surface area contributed by atoms with E-state index in [1.165, 1.54) is 0 Å². The Balaban J connectivity index is 1.86. The van der Waals surface area contributed by atoms with Crippen LogP contribution in [0.1, 0.15) is 37.7 Å². The van der Waals surface area contributed by atoms with Crippen molar-refractivity contribution in [3.8, 4) is 0 Å². The van der Waals surface area contributed by atoms with Gasteiger partial charge in [-0.15, -0.1) is 0 Å². The van der Waals surface area contributed by atoms with Gasteiger partial charge >= 0.3 is 0 Å². The number of ketones is 1. The van der Waals surface area contributed by atoms with Crippen molar-refractivity contribution < 1.29 is 9.53 Å². The molecule has 1 aromatic rings. The third-order valence-electron chi connectivity index (χ3n) is 3.85. The van der Waals surface area contributed by atoms with E-state index in [9.17, 15) is 4.79 Å². The number of carbonyl (C=O) groups is 1. The number of nitrogens with one attached hydrogen (secondary N) is 1. The van der Waals surface area contributed by atoms with Gasteiger partial charge in [0.25, 0.3) is 0 Å². The van der Waals surface area contributed by atoms with E-state index >= 15 is 0 Å². The maximum Gasteiger partial charge on any atom is 0.137 e. The van der Waals surface area contributed by atoms with Gasteiger partial charge in [-0.3, -0.25) is 4.79 Å². The molecule has 0 aromatic heterocycles. The molecule has 4 heteroatoms. The summed E-state index contributed by atoms with van der Waals surface area (Å²) in [5.74, 6) is 0.167. The van der Waals surface area contributed by atoms with Crippen molar-refractivity contribution in [1.29, 1.82) is 0 Å². The Bertz CT molecular complexity index is 427. The Kier molecular flexibility index (Phi) is 6.02. The third-order valence-corrected chi connectivity index (χ3v) is 4.10. The summed E-state index contributed by atoms with van der Waals surface area (Å²) in [7, 11) is 0. The summed E-state index contributed by atoms with van der Waals surface area (Å²) in [6, 6.07) is 8.12. The van der Waals surface area contributed by atoms with E-state index in [1.54, 1.807) is 6.92 Å². The van der Waals surface area contributed by atoms with Gasteiger partial charge in [-0.2, -0.15) is 0 Å². The molecule has 110 valence electrons. The zero-order valence-electron chi connectivity index (χ0n) is 11.9. The highest BCUT2D eigenvalue weighted by Crippen LogP contribution is 2.22. The van der Waals surface area contributed by atoms with Crippen molar-refractivity contribution in [2.24, 2.45) is 0 Å². The van der Waals surface area contributed by atoms with E-state index in [0.717, 1.165) is 44.6 Å². The number of halogens is 1. The molecule has 0 unspecified atom stereocenters. The molecule has 1 aliphatic rings. The summed E-state index contributed by atoms with van der Waals surface area (Å²) in [6.45, 7) is 4.20. The average Bonchev–Trinajstić information content (AvgIpc) is 2.46. The van der Waals surface area contributed by atoms with Crippen LogP contribution in [0.5, 0.6) is 0 Å². The molecule has 0 radical (unpaired) electrons. The van der Waals surface area contributed by atoms with E-state index < -0.39 is 0 Å². The van der Waals surface area contributed by atoms with Gasteiger partial charge in [-0.05, 0) is 50.4 Å². The molecule has 3 nitrogen and oxygen atoms in total. The molecular weight excluding hydrogens is 274 g/mol. The third kappa shape index (κ3) is 4.58. The van der Waals surface area contributed by atoms with E-state index in [4.69, 9.17) is 16.3 Å². The lowest BCUT2D eigenvalue weighted by Gasteiger charge is -2.24. The van der Waals surface area contributed by atoms with Crippen LogP contribution in [0.25, 0.3) is 0 Å². The van der Waals surface area contributed by atoms with Gasteiger partial charge in [-0.25, -0.2) is 0 Å². The highest BCUT2D eigenvalue weighted by Gasteiger charge is 2.18. The SMILES string of the molecule is CC(=O)[C@H](CCNC1CCOCC1)c1ccc(Cl)cc1. The standard InChI is InChI=1S/C16H22ClNO2/c1-12(19)16(13-2-4-14(17)5-3-13)6-9-18-15-7-10-20-11-8-15/h2-5,15-16,18H,6-11H2,1H3/t16-/m0/s1. The minimum absolute atomic E-state index is 0.0420. The monoisotopic (exact) mass is 295 g/mol. The molecule has 1 aromatic carbocycles.